The molecule has 1 aromatic carbocycles. The van der Waals surface area contributed by atoms with E-state index in [9.17, 15) is 4.79 Å². The van der Waals surface area contributed by atoms with E-state index in [0.29, 0.717) is 5.56 Å². The van der Waals surface area contributed by atoms with Crippen LogP contribution in [0.1, 0.15) is 17.4 Å². The number of nitrogens with zero attached hydrogens (tertiary/aromatic N) is 4. The van der Waals surface area contributed by atoms with Crippen molar-refractivity contribution in [3.05, 3.63) is 48.0 Å². The summed E-state index contributed by atoms with van der Waals surface area (Å²) in [4.78, 5) is 15.6. The molecule has 0 fully saturated rings. The van der Waals surface area contributed by atoms with Gasteiger partial charge in [0.2, 0.25) is 0 Å². The maximum atomic E-state index is 11.8. The van der Waals surface area contributed by atoms with Crippen LogP contribution in [0.3, 0.4) is 0 Å². The third kappa shape index (κ3) is 2.18. The van der Waals surface area contributed by atoms with Crippen LogP contribution in [0, 0.1) is 11.3 Å². The Morgan fingerprint density at radius 1 is 1.44 bits per heavy atom. The Bertz CT molecular complexity index is 585. The van der Waals surface area contributed by atoms with Crippen LogP contribution in [0.5, 0.6) is 0 Å². The Balaban J connectivity index is 2.44. The summed E-state index contributed by atoms with van der Waals surface area (Å²) in [5.74, 6) is 4.73. The first-order valence-corrected chi connectivity index (χ1v) is 5.13. The van der Waals surface area contributed by atoms with Gasteiger partial charge in [-0.05, 0) is 5.56 Å². The number of carbonyl (C=O) groups is 1. The molecular formula is C11H10N6O. The Morgan fingerprint density at radius 2 is 2.17 bits per heavy atom. The number of carbonyl (C=O) groups excluding carboxylic acids is 1. The van der Waals surface area contributed by atoms with Gasteiger partial charge in [0.1, 0.15) is 12.4 Å². The van der Waals surface area contributed by atoms with Gasteiger partial charge in [-0.15, -0.1) is 5.10 Å². The fourth-order valence-electron chi connectivity index (χ4n) is 1.59. The quantitative estimate of drug-likeness (QED) is 0.437. The maximum Gasteiger partial charge on any atom is 0.263 e. The number of nitrogens with one attached hydrogen (secondary N) is 1. The number of hydrogen-bond donors (Lipinski definition) is 2. The number of amides is 1. The predicted molar refractivity (Wildman–Crippen MR) is 61.6 cm³/mol. The summed E-state index contributed by atoms with van der Waals surface area (Å²) >= 11 is 0. The standard InChI is InChI=1S/C11H10N6O/c12-6-9-14-7-17(16-9)10(11(18)15-13)8-4-2-1-3-5-8/h1-5,7,10H,13H2,(H,15,18). The Morgan fingerprint density at radius 3 is 2.72 bits per heavy atom. The topological polar surface area (TPSA) is 110 Å². The van der Waals surface area contributed by atoms with Gasteiger partial charge in [-0.1, -0.05) is 30.3 Å². The number of benzene rings is 1. The lowest BCUT2D eigenvalue weighted by Gasteiger charge is -2.15. The highest BCUT2D eigenvalue weighted by molar-refractivity contribution is 5.82. The fraction of sp³-hybridized carbons (Fsp3) is 0.0909. The largest absolute Gasteiger partial charge is 0.292 e. The molecule has 7 nitrogen and oxygen atoms in total. The highest BCUT2D eigenvalue weighted by atomic mass is 16.2. The SMILES string of the molecule is N#Cc1ncn(C(C(=O)NN)c2ccccc2)n1. The lowest BCUT2D eigenvalue weighted by atomic mass is 10.1. The predicted octanol–water partition coefficient (Wildman–Crippen LogP) is -0.271. The first-order valence-electron chi connectivity index (χ1n) is 5.13. The zero-order valence-electron chi connectivity index (χ0n) is 9.32. The molecule has 3 N–H and O–H groups in total. The molecule has 1 unspecified atom stereocenters. The monoisotopic (exact) mass is 242 g/mol. The zero-order chi connectivity index (χ0) is 13.0. The molecule has 1 aromatic heterocycles. The van der Waals surface area contributed by atoms with Gasteiger partial charge in [0.05, 0.1) is 0 Å². The van der Waals surface area contributed by atoms with Crippen molar-refractivity contribution in [2.75, 3.05) is 0 Å². The van der Waals surface area contributed by atoms with Crippen molar-refractivity contribution < 1.29 is 4.79 Å². The second-order valence-corrected chi connectivity index (χ2v) is 3.48. The van der Waals surface area contributed by atoms with E-state index in [1.165, 1.54) is 11.0 Å². The van der Waals surface area contributed by atoms with E-state index >= 15 is 0 Å². The van der Waals surface area contributed by atoms with E-state index in [1.54, 1.807) is 30.3 Å². The maximum absolute atomic E-state index is 11.8. The molecule has 2 aromatic rings. The molecular weight excluding hydrogens is 232 g/mol. The van der Waals surface area contributed by atoms with E-state index in [0.717, 1.165) is 0 Å². The average molecular weight is 242 g/mol. The number of nitrogens with two attached hydrogens (primary N) is 1. The molecule has 0 aliphatic heterocycles. The number of aromatic nitrogens is 3. The molecule has 0 saturated carbocycles. The summed E-state index contributed by atoms with van der Waals surface area (Å²) in [7, 11) is 0. The first kappa shape index (κ1) is 11.8. The van der Waals surface area contributed by atoms with Crippen LogP contribution < -0.4 is 11.3 Å². The van der Waals surface area contributed by atoms with Crippen molar-refractivity contribution in [3.8, 4) is 6.07 Å². The molecule has 18 heavy (non-hydrogen) atoms. The highest BCUT2D eigenvalue weighted by Crippen LogP contribution is 2.16. The van der Waals surface area contributed by atoms with E-state index in [-0.39, 0.29) is 5.82 Å². The van der Waals surface area contributed by atoms with Crippen molar-refractivity contribution in [2.45, 2.75) is 6.04 Å². The molecule has 1 amide bonds. The average Bonchev–Trinajstić information content (AvgIpc) is 2.88. The molecule has 0 spiro atoms. The van der Waals surface area contributed by atoms with E-state index < -0.39 is 11.9 Å². The molecule has 1 atom stereocenters. The van der Waals surface area contributed by atoms with Gasteiger partial charge in [0, 0.05) is 0 Å². The second-order valence-electron chi connectivity index (χ2n) is 3.48. The van der Waals surface area contributed by atoms with Crippen molar-refractivity contribution in [2.24, 2.45) is 5.84 Å². The second kappa shape index (κ2) is 5.07. The van der Waals surface area contributed by atoms with Crippen molar-refractivity contribution >= 4 is 5.91 Å². The van der Waals surface area contributed by atoms with E-state index in [4.69, 9.17) is 11.1 Å². The van der Waals surface area contributed by atoms with Crippen LogP contribution in [-0.2, 0) is 4.79 Å². The van der Waals surface area contributed by atoms with Gasteiger partial charge in [-0.25, -0.2) is 15.5 Å². The Kier molecular flexibility index (Phi) is 3.31. The summed E-state index contributed by atoms with van der Waals surface area (Å²) in [6.45, 7) is 0. The molecule has 1 heterocycles. The molecule has 0 radical (unpaired) electrons. The lowest BCUT2D eigenvalue weighted by Crippen LogP contribution is -2.38. The van der Waals surface area contributed by atoms with Gasteiger partial charge < -0.3 is 0 Å². The summed E-state index contributed by atoms with van der Waals surface area (Å²) in [6, 6.07) is 10.0. The summed E-state index contributed by atoms with van der Waals surface area (Å²) < 4.78 is 1.30. The summed E-state index contributed by atoms with van der Waals surface area (Å²) in [5, 5.41) is 12.6. The minimum atomic E-state index is -0.745. The Hall–Kier alpha value is -2.72. The molecule has 0 saturated heterocycles. The molecule has 2 rings (SSSR count). The molecule has 0 bridgehead atoms. The van der Waals surface area contributed by atoms with Crippen LogP contribution >= 0.6 is 0 Å². The van der Waals surface area contributed by atoms with Crippen LogP contribution in [0.4, 0.5) is 0 Å². The Labute approximate surface area is 103 Å². The minimum Gasteiger partial charge on any atom is -0.292 e. The lowest BCUT2D eigenvalue weighted by molar-refractivity contribution is -0.123. The van der Waals surface area contributed by atoms with Crippen LogP contribution in [0.15, 0.2) is 36.7 Å². The fourth-order valence-corrected chi connectivity index (χ4v) is 1.59. The van der Waals surface area contributed by atoms with Crippen molar-refractivity contribution in [3.63, 3.8) is 0 Å². The van der Waals surface area contributed by atoms with Crippen molar-refractivity contribution in [1.29, 1.82) is 5.26 Å². The number of hydrogen-bond acceptors (Lipinski definition) is 5. The number of hydrazine groups is 1. The van der Waals surface area contributed by atoms with E-state index in [1.807, 2.05) is 6.07 Å². The summed E-state index contributed by atoms with van der Waals surface area (Å²) in [5.41, 5.74) is 2.78. The zero-order valence-corrected chi connectivity index (χ0v) is 9.32. The third-order valence-electron chi connectivity index (χ3n) is 2.38. The van der Waals surface area contributed by atoms with Gasteiger partial charge >= 0.3 is 0 Å². The van der Waals surface area contributed by atoms with Crippen LogP contribution in [-0.4, -0.2) is 20.7 Å². The van der Waals surface area contributed by atoms with Gasteiger partial charge in [-0.3, -0.25) is 10.2 Å². The minimum absolute atomic E-state index is 0.000697. The molecule has 7 heteroatoms. The van der Waals surface area contributed by atoms with Crippen molar-refractivity contribution in [1.82, 2.24) is 20.2 Å². The molecule has 0 aliphatic rings. The molecule has 90 valence electrons. The first-order chi connectivity index (χ1) is 8.76. The van der Waals surface area contributed by atoms with E-state index in [2.05, 4.69) is 15.5 Å². The van der Waals surface area contributed by atoms with Gasteiger partial charge in [0.25, 0.3) is 11.7 Å². The normalized spacial score (nSPS) is 11.6. The smallest absolute Gasteiger partial charge is 0.263 e. The summed E-state index contributed by atoms with van der Waals surface area (Å²) in [6.07, 6.45) is 1.32. The van der Waals surface area contributed by atoms with Gasteiger partial charge in [-0.2, -0.15) is 5.26 Å². The van der Waals surface area contributed by atoms with Crippen LogP contribution in [0.25, 0.3) is 0 Å². The number of rotatable bonds is 3. The van der Waals surface area contributed by atoms with Crippen LogP contribution in [0.2, 0.25) is 0 Å². The number of nitriles is 1. The third-order valence-corrected chi connectivity index (χ3v) is 2.38. The highest BCUT2D eigenvalue weighted by Gasteiger charge is 2.23. The molecule has 0 aliphatic carbocycles. The van der Waals surface area contributed by atoms with Gasteiger partial charge in [0.15, 0.2) is 6.04 Å².